The minimum atomic E-state index is -0.0181. The van der Waals surface area contributed by atoms with Crippen molar-refractivity contribution < 1.29 is 0 Å². The van der Waals surface area contributed by atoms with Gasteiger partial charge in [0, 0.05) is 43.2 Å². The van der Waals surface area contributed by atoms with Crippen molar-refractivity contribution in [3.05, 3.63) is 148 Å². The van der Waals surface area contributed by atoms with Gasteiger partial charge in [0.2, 0.25) is 0 Å². The number of hydrogen-bond acceptors (Lipinski definition) is 3. The quantitative estimate of drug-likeness (QED) is 0.163. The fourth-order valence-corrected chi connectivity index (χ4v) is 13.6. The van der Waals surface area contributed by atoms with Gasteiger partial charge < -0.3 is 9.80 Å². The first-order chi connectivity index (χ1) is 31.3. The number of aryl methyl sites for hydroxylation is 1. The van der Waals surface area contributed by atoms with Crippen LogP contribution in [-0.2, 0) is 32.5 Å². The van der Waals surface area contributed by atoms with Gasteiger partial charge in [-0.05, 0) is 175 Å². The van der Waals surface area contributed by atoms with Crippen molar-refractivity contribution in [1.29, 1.82) is 0 Å². The first-order valence-electron chi connectivity index (χ1n) is 25.2. The molecule has 1 fully saturated rings. The lowest BCUT2D eigenvalue weighted by molar-refractivity contribution is 0.188. The Labute approximate surface area is 406 Å². The molecule has 0 radical (unpaired) electrons. The highest BCUT2D eigenvalue weighted by atomic mass is 32.1. The normalized spacial score (nSPS) is 20.0. The second kappa shape index (κ2) is 14.5. The van der Waals surface area contributed by atoms with Gasteiger partial charge in [0.05, 0.1) is 11.4 Å². The Morgan fingerprint density at radius 3 is 1.52 bits per heavy atom. The minimum absolute atomic E-state index is 0.0102. The fourth-order valence-electron chi connectivity index (χ4n) is 12.2. The molecule has 5 aliphatic rings. The van der Waals surface area contributed by atoms with Crippen LogP contribution in [0, 0.1) is 6.92 Å². The van der Waals surface area contributed by atoms with Gasteiger partial charge in [-0.3, -0.25) is 0 Å². The second-order valence-electron chi connectivity index (χ2n) is 25.8. The molecule has 7 aromatic rings. The van der Waals surface area contributed by atoms with Crippen LogP contribution in [0.3, 0.4) is 0 Å². The molecule has 2 bridgehead atoms. The molecule has 0 saturated heterocycles. The van der Waals surface area contributed by atoms with Crippen LogP contribution in [0.5, 0.6) is 0 Å². The van der Waals surface area contributed by atoms with Crippen LogP contribution in [0.4, 0.5) is 34.1 Å². The molecule has 0 unspecified atom stereocenters. The van der Waals surface area contributed by atoms with Crippen molar-refractivity contribution >= 4 is 78.0 Å². The Hall–Kier alpha value is -5.06. The highest BCUT2D eigenvalue weighted by Gasteiger charge is 2.50. The van der Waals surface area contributed by atoms with E-state index >= 15 is 0 Å². The van der Waals surface area contributed by atoms with E-state index in [1.54, 1.807) is 11.1 Å². The van der Waals surface area contributed by atoms with E-state index in [4.69, 9.17) is 0 Å². The fraction of sp³-hybridized carbons (Fsp3) is 0.397. The van der Waals surface area contributed by atoms with Crippen LogP contribution in [0.15, 0.2) is 109 Å². The monoisotopic (exact) mass is 899 g/mol. The molecule has 0 amide bonds. The summed E-state index contributed by atoms with van der Waals surface area (Å²) in [6.45, 7) is 35.6. The SMILES string of the molecule is Cc1cc2c3c(c1)N(c1ccc(C(C)(C)C)cc1-c1ccc(C(C)(C)C)cc1)c1c(sc4cc5c(cc14)C1(C)CCC5(C)CC1)B3c1cc(C(C)(C)C)ccc1N2c1ccc(C(C)(C)C)cc1. The number of benzene rings is 6. The zero-order valence-electron chi connectivity index (χ0n) is 43.1. The molecule has 4 heteroatoms. The smallest absolute Gasteiger partial charge is 0.264 e. The molecule has 6 aromatic carbocycles. The number of thiophene rings is 1. The molecule has 0 atom stereocenters. The van der Waals surface area contributed by atoms with Crippen LogP contribution in [0.2, 0.25) is 0 Å². The number of fused-ring (bicyclic) bond motifs is 8. The van der Waals surface area contributed by atoms with Gasteiger partial charge in [0.25, 0.3) is 6.71 Å². The molecule has 1 aromatic heterocycles. The second-order valence-corrected chi connectivity index (χ2v) is 26.9. The van der Waals surface area contributed by atoms with Crippen molar-refractivity contribution in [3.63, 3.8) is 0 Å². The summed E-state index contributed by atoms with van der Waals surface area (Å²) < 4.78 is 2.88. The Morgan fingerprint density at radius 2 is 0.970 bits per heavy atom. The lowest BCUT2D eigenvalue weighted by Crippen LogP contribution is -2.60. The molecule has 12 rings (SSSR count). The molecule has 2 aliphatic heterocycles. The third-order valence-corrected chi connectivity index (χ3v) is 17.9. The topological polar surface area (TPSA) is 6.48 Å². The van der Waals surface area contributed by atoms with Gasteiger partial charge in [-0.2, -0.15) is 0 Å². The zero-order chi connectivity index (χ0) is 47.5. The maximum Gasteiger partial charge on any atom is 0.264 e. The summed E-state index contributed by atoms with van der Waals surface area (Å²) in [4.78, 5) is 5.34. The summed E-state index contributed by atoms with van der Waals surface area (Å²) in [5.41, 5.74) is 23.5. The van der Waals surface area contributed by atoms with Crippen LogP contribution in [-0.4, -0.2) is 6.71 Å². The maximum absolute atomic E-state index is 2.74. The van der Waals surface area contributed by atoms with Crippen molar-refractivity contribution in [1.82, 2.24) is 0 Å². The summed E-state index contributed by atoms with van der Waals surface area (Å²) in [7, 11) is 0. The van der Waals surface area contributed by atoms with Crippen LogP contribution < -0.4 is 25.5 Å². The predicted octanol–water partition coefficient (Wildman–Crippen LogP) is 16.3. The standard InChI is InChI=1S/C63H71BN2S/c1-38-32-52-55-53(33-38)66(50-26-22-42(60(8,9)10)34-45(50)39-16-18-40(19-17-39)58(2,3)4)56-46-36-47-48(63(15)30-28-62(47,14)29-31-63)37-54(46)67-57(56)64(55)49-35-43(61(11,12)13)23-27-51(49)65(52)44-24-20-41(21-25-44)59(5,6)7/h16-27,32-37H,28-31H2,1-15H3. The van der Waals surface area contributed by atoms with E-state index in [0.717, 1.165) is 0 Å². The van der Waals surface area contributed by atoms with Crippen molar-refractivity contribution in [2.45, 2.75) is 162 Å². The van der Waals surface area contributed by atoms with E-state index in [9.17, 15) is 0 Å². The highest BCUT2D eigenvalue weighted by molar-refractivity contribution is 7.33. The van der Waals surface area contributed by atoms with Gasteiger partial charge in [0.1, 0.15) is 0 Å². The summed E-state index contributed by atoms with van der Waals surface area (Å²) in [6.07, 6.45) is 5.10. The molecule has 67 heavy (non-hydrogen) atoms. The Kier molecular flexibility index (Phi) is 9.61. The van der Waals surface area contributed by atoms with E-state index in [1.807, 2.05) is 0 Å². The van der Waals surface area contributed by atoms with Crippen LogP contribution >= 0.6 is 11.3 Å². The molecular formula is C63H71BN2S. The van der Waals surface area contributed by atoms with E-state index < -0.39 is 0 Å². The molecule has 3 heterocycles. The largest absolute Gasteiger partial charge is 0.311 e. The first-order valence-corrected chi connectivity index (χ1v) is 26.0. The minimum Gasteiger partial charge on any atom is -0.311 e. The van der Waals surface area contributed by atoms with Gasteiger partial charge in [-0.15, -0.1) is 11.3 Å². The summed E-state index contributed by atoms with van der Waals surface area (Å²) in [5.74, 6) is 0. The van der Waals surface area contributed by atoms with Gasteiger partial charge in [-0.25, -0.2) is 0 Å². The number of rotatable bonds is 3. The van der Waals surface area contributed by atoms with Gasteiger partial charge >= 0.3 is 0 Å². The zero-order valence-corrected chi connectivity index (χ0v) is 43.9. The van der Waals surface area contributed by atoms with E-state index in [1.165, 1.54) is 125 Å². The summed E-state index contributed by atoms with van der Waals surface area (Å²) in [6, 6.07) is 44.2. The van der Waals surface area contributed by atoms with Crippen LogP contribution in [0.25, 0.3) is 21.2 Å². The molecule has 342 valence electrons. The lowest BCUT2D eigenvalue weighted by Gasteiger charge is -2.52. The third kappa shape index (κ3) is 6.92. The first kappa shape index (κ1) is 44.5. The van der Waals surface area contributed by atoms with Crippen LogP contribution in [0.1, 0.15) is 162 Å². The molecule has 0 spiro atoms. The number of nitrogens with zero attached hydrogens (tertiary/aromatic N) is 2. The van der Waals surface area contributed by atoms with Gasteiger partial charge in [-0.1, -0.05) is 152 Å². The van der Waals surface area contributed by atoms with E-state index in [-0.39, 0.29) is 39.2 Å². The molecule has 0 N–H and O–H groups in total. The van der Waals surface area contributed by atoms with Crippen molar-refractivity contribution in [3.8, 4) is 11.1 Å². The Bertz CT molecular complexity index is 3150. The summed E-state index contributed by atoms with van der Waals surface area (Å²) in [5, 5.41) is 1.41. The van der Waals surface area contributed by atoms with Gasteiger partial charge in [0.15, 0.2) is 0 Å². The highest BCUT2D eigenvalue weighted by Crippen LogP contribution is 2.59. The molecular weight excluding hydrogens is 828 g/mol. The number of anilines is 6. The Balaban J connectivity index is 1.26. The molecule has 3 aliphatic carbocycles. The molecule has 2 nitrogen and oxygen atoms in total. The van der Waals surface area contributed by atoms with E-state index in [0.29, 0.717) is 0 Å². The van der Waals surface area contributed by atoms with Crippen molar-refractivity contribution in [2.75, 3.05) is 9.80 Å². The number of hydrogen-bond donors (Lipinski definition) is 0. The van der Waals surface area contributed by atoms with E-state index in [2.05, 4.69) is 234 Å². The summed E-state index contributed by atoms with van der Waals surface area (Å²) >= 11 is 2.07. The Morgan fingerprint density at radius 1 is 0.493 bits per heavy atom. The predicted molar refractivity (Wildman–Crippen MR) is 294 cm³/mol. The average molecular weight is 899 g/mol. The maximum atomic E-state index is 2.74. The lowest BCUT2D eigenvalue weighted by atomic mass is 9.36. The van der Waals surface area contributed by atoms with Crippen molar-refractivity contribution in [2.24, 2.45) is 0 Å². The third-order valence-electron chi connectivity index (χ3n) is 16.7. The molecule has 1 saturated carbocycles. The average Bonchev–Trinajstić information content (AvgIpc) is 3.63.